The number of benzene rings is 2. The Hall–Kier alpha value is -2.59. The third-order valence-electron chi connectivity index (χ3n) is 5.14. The Balaban J connectivity index is 1.60. The van der Waals surface area contributed by atoms with Gasteiger partial charge in [-0.2, -0.15) is 17.5 Å². The van der Waals surface area contributed by atoms with Gasteiger partial charge in [-0.25, -0.2) is 13.2 Å². The monoisotopic (exact) mass is 455 g/mol. The van der Waals surface area contributed by atoms with Crippen molar-refractivity contribution in [3.05, 3.63) is 59.7 Å². The number of amides is 2. The number of carbonyl (C=O) groups is 1. The normalized spacial score (nSPS) is 17.9. The highest BCUT2D eigenvalue weighted by Gasteiger charge is 2.34. The fourth-order valence-electron chi connectivity index (χ4n) is 3.44. The molecule has 1 saturated heterocycles. The molecule has 168 valence electrons. The Labute approximate surface area is 179 Å². The molecule has 2 N–H and O–H groups in total. The molecule has 2 amide bonds. The Bertz CT molecular complexity index is 1020. The summed E-state index contributed by atoms with van der Waals surface area (Å²) in [6, 6.07) is 10.6. The summed E-state index contributed by atoms with van der Waals surface area (Å²) in [6.45, 7) is 2.55. The minimum absolute atomic E-state index is 0.128. The van der Waals surface area contributed by atoms with Crippen LogP contribution in [0.25, 0.3) is 0 Å². The molecule has 1 atom stereocenters. The SMILES string of the molecule is Cc1ccc(NC(=O)NCC2CCCN(S(=O)(=O)c3cccc(C(F)(F)F)c3)C2)cc1. The van der Waals surface area contributed by atoms with Crippen LogP contribution in [0.15, 0.2) is 53.4 Å². The maximum Gasteiger partial charge on any atom is 0.416 e. The van der Waals surface area contributed by atoms with Crippen LogP contribution < -0.4 is 10.6 Å². The Morgan fingerprint density at radius 1 is 1.16 bits per heavy atom. The van der Waals surface area contributed by atoms with Gasteiger partial charge in [-0.3, -0.25) is 0 Å². The fraction of sp³-hybridized carbons (Fsp3) is 0.381. The van der Waals surface area contributed by atoms with Gasteiger partial charge < -0.3 is 10.6 Å². The van der Waals surface area contributed by atoms with Crippen LogP contribution >= 0.6 is 0 Å². The lowest BCUT2D eigenvalue weighted by Crippen LogP contribution is -2.44. The highest BCUT2D eigenvalue weighted by atomic mass is 32.2. The lowest BCUT2D eigenvalue weighted by atomic mass is 10.00. The largest absolute Gasteiger partial charge is 0.416 e. The minimum atomic E-state index is -4.62. The Morgan fingerprint density at radius 2 is 1.87 bits per heavy atom. The summed E-state index contributed by atoms with van der Waals surface area (Å²) >= 11 is 0. The number of aryl methyl sites for hydroxylation is 1. The number of rotatable bonds is 5. The van der Waals surface area contributed by atoms with Crippen molar-refractivity contribution >= 4 is 21.7 Å². The highest BCUT2D eigenvalue weighted by molar-refractivity contribution is 7.89. The molecule has 1 unspecified atom stereocenters. The summed E-state index contributed by atoms with van der Waals surface area (Å²) in [5, 5.41) is 5.44. The molecular formula is C21H24F3N3O3S. The summed E-state index contributed by atoms with van der Waals surface area (Å²) in [5.74, 6) is -0.141. The van der Waals surface area contributed by atoms with Gasteiger partial charge in [0.15, 0.2) is 0 Å². The van der Waals surface area contributed by atoms with E-state index in [9.17, 15) is 26.4 Å². The van der Waals surface area contributed by atoms with Crippen molar-refractivity contribution in [3.8, 4) is 0 Å². The van der Waals surface area contributed by atoms with E-state index in [4.69, 9.17) is 0 Å². The maximum atomic E-state index is 13.0. The van der Waals surface area contributed by atoms with Gasteiger partial charge in [0.2, 0.25) is 10.0 Å². The first-order chi connectivity index (χ1) is 14.6. The third-order valence-corrected chi connectivity index (χ3v) is 7.00. The summed E-state index contributed by atoms with van der Waals surface area (Å²) in [5.41, 5.74) is 0.701. The smallest absolute Gasteiger partial charge is 0.338 e. The van der Waals surface area contributed by atoms with E-state index in [0.29, 0.717) is 24.6 Å². The molecule has 3 rings (SSSR count). The van der Waals surface area contributed by atoms with Crippen LogP contribution in [-0.4, -0.2) is 38.4 Å². The van der Waals surface area contributed by atoms with Gasteiger partial charge in [-0.05, 0) is 56.0 Å². The van der Waals surface area contributed by atoms with E-state index in [-0.39, 0.29) is 30.4 Å². The van der Waals surface area contributed by atoms with E-state index in [2.05, 4.69) is 10.6 Å². The van der Waals surface area contributed by atoms with E-state index in [1.54, 1.807) is 12.1 Å². The maximum absolute atomic E-state index is 13.0. The number of anilines is 1. The molecule has 6 nitrogen and oxygen atoms in total. The number of alkyl halides is 3. The van der Waals surface area contributed by atoms with Crippen molar-refractivity contribution in [1.29, 1.82) is 0 Å². The Morgan fingerprint density at radius 3 is 2.55 bits per heavy atom. The van der Waals surface area contributed by atoms with Crippen LogP contribution in [0.1, 0.15) is 24.0 Å². The molecule has 1 fully saturated rings. The second kappa shape index (κ2) is 9.27. The van der Waals surface area contributed by atoms with E-state index in [0.717, 1.165) is 17.7 Å². The molecule has 0 bridgehead atoms. The standard InChI is InChI=1S/C21H24F3N3O3S/c1-15-7-9-18(10-8-15)26-20(28)25-13-16-4-3-11-27(14-16)31(29,30)19-6-2-5-17(12-19)21(22,23)24/h2,5-10,12,16H,3-4,11,13-14H2,1H3,(H2,25,26,28). The lowest BCUT2D eigenvalue weighted by molar-refractivity contribution is -0.137. The first-order valence-corrected chi connectivity index (χ1v) is 11.3. The second-order valence-corrected chi connectivity index (χ2v) is 9.54. The molecule has 0 aromatic heterocycles. The summed E-state index contributed by atoms with van der Waals surface area (Å²) in [4.78, 5) is 11.7. The van der Waals surface area contributed by atoms with Gasteiger partial charge in [0.1, 0.15) is 0 Å². The second-order valence-electron chi connectivity index (χ2n) is 7.60. The highest BCUT2D eigenvalue weighted by Crippen LogP contribution is 2.32. The number of hydrogen-bond donors (Lipinski definition) is 2. The van der Waals surface area contributed by atoms with Crippen molar-refractivity contribution in [2.45, 2.75) is 30.8 Å². The van der Waals surface area contributed by atoms with Crippen LogP contribution in [0.2, 0.25) is 0 Å². The van der Waals surface area contributed by atoms with E-state index >= 15 is 0 Å². The number of nitrogens with one attached hydrogen (secondary N) is 2. The number of hydrogen-bond acceptors (Lipinski definition) is 3. The number of sulfonamides is 1. The quantitative estimate of drug-likeness (QED) is 0.708. The summed E-state index contributed by atoms with van der Waals surface area (Å²) in [7, 11) is -4.06. The molecule has 2 aromatic carbocycles. The van der Waals surface area contributed by atoms with Gasteiger partial charge in [0.25, 0.3) is 0 Å². The van der Waals surface area contributed by atoms with Crippen molar-refractivity contribution in [2.24, 2.45) is 5.92 Å². The van der Waals surface area contributed by atoms with Crippen LogP contribution in [0, 0.1) is 12.8 Å². The third kappa shape index (κ3) is 5.98. The topological polar surface area (TPSA) is 78.5 Å². The molecule has 2 aromatic rings. The molecular weight excluding hydrogens is 431 g/mol. The average Bonchev–Trinajstić information content (AvgIpc) is 2.74. The molecule has 1 aliphatic heterocycles. The molecule has 10 heteroatoms. The van der Waals surface area contributed by atoms with Crippen LogP contribution in [-0.2, 0) is 16.2 Å². The molecule has 0 radical (unpaired) electrons. The minimum Gasteiger partial charge on any atom is -0.338 e. The molecule has 1 aliphatic rings. The van der Waals surface area contributed by atoms with Crippen LogP contribution in [0.4, 0.5) is 23.7 Å². The number of halogens is 3. The molecule has 1 heterocycles. The van der Waals surface area contributed by atoms with Crippen LogP contribution in [0.3, 0.4) is 0 Å². The van der Waals surface area contributed by atoms with Crippen LogP contribution in [0.5, 0.6) is 0 Å². The number of nitrogens with zero attached hydrogens (tertiary/aromatic N) is 1. The Kier molecular flexibility index (Phi) is 6.90. The van der Waals surface area contributed by atoms with E-state index in [1.807, 2.05) is 19.1 Å². The summed E-state index contributed by atoms with van der Waals surface area (Å²) in [6.07, 6.45) is -3.35. The molecule has 0 aliphatic carbocycles. The van der Waals surface area contributed by atoms with E-state index < -0.39 is 27.8 Å². The first-order valence-electron chi connectivity index (χ1n) is 9.84. The van der Waals surface area contributed by atoms with Gasteiger partial charge in [0.05, 0.1) is 10.5 Å². The summed E-state index contributed by atoms with van der Waals surface area (Å²) < 4.78 is 65.8. The van der Waals surface area contributed by atoms with Gasteiger partial charge >= 0.3 is 12.2 Å². The predicted octanol–water partition coefficient (Wildman–Crippen LogP) is 4.24. The van der Waals surface area contributed by atoms with Crippen molar-refractivity contribution < 1.29 is 26.4 Å². The van der Waals surface area contributed by atoms with Crippen molar-refractivity contribution in [2.75, 3.05) is 25.0 Å². The zero-order valence-corrected chi connectivity index (χ0v) is 17.8. The van der Waals surface area contributed by atoms with Gasteiger partial charge in [0, 0.05) is 25.3 Å². The van der Waals surface area contributed by atoms with E-state index in [1.165, 1.54) is 10.4 Å². The molecule has 31 heavy (non-hydrogen) atoms. The first kappa shape index (κ1) is 23.1. The zero-order valence-electron chi connectivity index (χ0n) is 16.9. The van der Waals surface area contributed by atoms with Gasteiger partial charge in [-0.15, -0.1) is 0 Å². The van der Waals surface area contributed by atoms with Crippen molar-refractivity contribution in [1.82, 2.24) is 9.62 Å². The zero-order chi connectivity index (χ0) is 22.6. The van der Waals surface area contributed by atoms with Gasteiger partial charge in [-0.1, -0.05) is 23.8 Å². The predicted molar refractivity (Wildman–Crippen MR) is 111 cm³/mol. The van der Waals surface area contributed by atoms with Crippen molar-refractivity contribution in [3.63, 3.8) is 0 Å². The molecule has 0 saturated carbocycles. The molecule has 0 spiro atoms. The lowest BCUT2D eigenvalue weighted by Gasteiger charge is -2.32. The number of carbonyl (C=O) groups excluding carboxylic acids is 1. The number of urea groups is 1. The fourth-order valence-corrected chi connectivity index (χ4v) is 5.04. The number of piperidine rings is 1. The average molecular weight is 456 g/mol.